The lowest BCUT2D eigenvalue weighted by atomic mass is 10.1. The molecule has 0 unspecified atom stereocenters. The van der Waals surface area contributed by atoms with E-state index in [1.807, 2.05) is 0 Å². The number of anilines is 2. The second-order valence-electron chi connectivity index (χ2n) is 6.16. The molecule has 0 saturated heterocycles. The van der Waals surface area contributed by atoms with Gasteiger partial charge in [0, 0.05) is 27.1 Å². The van der Waals surface area contributed by atoms with Gasteiger partial charge in [0.05, 0.1) is 27.5 Å². The molecule has 2 aromatic carbocycles. The van der Waals surface area contributed by atoms with Gasteiger partial charge in [0.1, 0.15) is 0 Å². The normalized spacial score (nSPS) is 11.1. The number of carbonyl (C=O) groups excluding carboxylic acids is 2. The molecule has 9 heteroatoms. The summed E-state index contributed by atoms with van der Waals surface area (Å²) in [5, 5.41) is 5.31. The highest BCUT2D eigenvalue weighted by Crippen LogP contribution is 2.34. The Morgan fingerprint density at radius 2 is 1.79 bits per heavy atom. The zero-order valence-electron chi connectivity index (χ0n) is 15.2. The van der Waals surface area contributed by atoms with E-state index in [4.69, 9.17) is 11.6 Å². The van der Waals surface area contributed by atoms with Gasteiger partial charge in [-0.2, -0.15) is 13.2 Å². The fourth-order valence-corrected chi connectivity index (χ4v) is 2.67. The smallest absolute Gasteiger partial charge is 0.376 e. The average Bonchev–Trinajstić information content (AvgIpc) is 2.61. The Bertz CT molecular complexity index is 870. The molecular weight excluding hydrogens is 395 g/mol. The lowest BCUT2D eigenvalue weighted by Crippen LogP contribution is -2.28. The van der Waals surface area contributed by atoms with Gasteiger partial charge >= 0.3 is 6.18 Å². The van der Waals surface area contributed by atoms with Gasteiger partial charge < -0.3 is 15.5 Å². The maximum atomic E-state index is 12.9. The molecule has 0 aliphatic carbocycles. The monoisotopic (exact) mass is 413 g/mol. The van der Waals surface area contributed by atoms with Crippen LogP contribution < -0.4 is 15.5 Å². The van der Waals surface area contributed by atoms with E-state index in [-0.39, 0.29) is 29.2 Å². The molecule has 2 N–H and O–H groups in total. The van der Waals surface area contributed by atoms with Gasteiger partial charge in [0.2, 0.25) is 5.91 Å². The third-order valence-electron chi connectivity index (χ3n) is 3.84. The maximum absolute atomic E-state index is 12.9. The van der Waals surface area contributed by atoms with Crippen LogP contribution in [-0.4, -0.2) is 32.5 Å². The quantitative estimate of drug-likeness (QED) is 0.746. The second-order valence-corrected chi connectivity index (χ2v) is 6.57. The molecule has 0 heterocycles. The molecule has 0 aliphatic heterocycles. The minimum Gasteiger partial charge on any atom is -0.376 e. The Morgan fingerprint density at radius 3 is 2.39 bits per heavy atom. The molecule has 2 aromatic rings. The summed E-state index contributed by atoms with van der Waals surface area (Å²) in [4.78, 5) is 25.8. The van der Waals surface area contributed by atoms with Crippen molar-refractivity contribution in [2.24, 2.45) is 0 Å². The Kier molecular flexibility index (Phi) is 6.90. The molecule has 0 aromatic heterocycles. The summed E-state index contributed by atoms with van der Waals surface area (Å²) in [5.41, 5.74) is -0.110. The number of nitrogens with one attached hydrogen (secondary N) is 2. The van der Waals surface area contributed by atoms with Gasteiger partial charge in [-0.05, 0) is 30.3 Å². The molecule has 2 amide bonds. The number of alkyl halides is 3. The predicted molar refractivity (Wildman–Crippen MR) is 103 cm³/mol. The molecule has 150 valence electrons. The van der Waals surface area contributed by atoms with E-state index in [9.17, 15) is 22.8 Å². The first-order valence-corrected chi connectivity index (χ1v) is 8.68. The van der Waals surface area contributed by atoms with E-state index in [1.165, 1.54) is 6.07 Å². The summed E-state index contributed by atoms with van der Waals surface area (Å²) in [6, 6.07) is 9.58. The van der Waals surface area contributed by atoms with E-state index in [0.29, 0.717) is 5.69 Å². The Hall–Kier alpha value is -2.74. The number of nitrogens with zero attached hydrogens (tertiary/aromatic N) is 1. The molecule has 0 saturated carbocycles. The number of hydrogen-bond acceptors (Lipinski definition) is 3. The Balaban J connectivity index is 2.00. The summed E-state index contributed by atoms with van der Waals surface area (Å²) in [5.74, 6) is -0.965. The molecule has 2 rings (SSSR count). The van der Waals surface area contributed by atoms with Gasteiger partial charge in [-0.25, -0.2) is 0 Å². The van der Waals surface area contributed by atoms with E-state index >= 15 is 0 Å². The number of halogens is 4. The number of rotatable bonds is 6. The van der Waals surface area contributed by atoms with Crippen molar-refractivity contribution in [2.75, 3.05) is 30.9 Å². The van der Waals surface area contributed by atoms with Crippen LogP contribution in [0.5, 0.6) is 0 Å². The summed E-state index contributed by atoms with van der Waals surface area (Å²) in [6.45, 7) is 0.00610. The first-order valence-electron chi connectivity index (χ1n) is 8.30. The van der Waals surface area contributed by atoms with Crippen LogP contribution in [0, 0.1) is 0 Å². The van der Waals surface area contributed by atoms with Crippen LogP contribution >= 0.6 is 11.6 Å². The standard InChI is InChI=1S/C19H19ClF3N3O2/c1-26(2)16-8-7-12(19(21,22)23)11-15(16)25-17(27)9-10-24-18(28)13-5-3-4-6-14(13)20/h3-8,11H,9-10H2,1-2H3,(H,24,28)(H,25,27). The molecule has 0 aliphatic rings. The van der Waals surface area contributed by atoms with Crippen molar-refractivity contribution in [3.63, 3.8) is 0 Å². The summed E-state index contributed by atoms with van der Waals surface area (Å²) in [6.07, 6.45) is -4.63. The van der Waals surface area contributed by atoms with Gasteiger partial charge in [0.25, 0.3) is 5.91 Å². The molecule has 28 heavy (non-hydrogen) atoms. The fourth-order valence-electron chi connectivity index (χ4n) is 2.45. The number of hydrogen-bond donors (Lipinski definition) is 2. The highest BCUT2D eigenvalue weighted by atomic mass is 35.5. The molecule has 0 atom stereocenters. The summed E-state index contributed by atoms with van der Waals surface area (Å²) < 4.78 is 38.8. The third-order valence-corrected chi connectivity index (χ3v) is 4.17. The molecule has 0 fully saturated rings. The molecular formula is C19H19ClF3N3O2. The molecule has 0 bridgehead atoms. The van der Waals surface area contributed by atoms with Crippen LogP contribution in [0.4, 0.5) is 24.5 Å². The zero-order chi connectivity index (χ0) is 20.9. The average molecular weight is 414 g/mol. The maximum Gasteiger partial charge on any atom is 0.416 e. The van der Waals surface area contributed by atoms with Crippen molar-refractivity contribution in [3.8, 4) is 0 Å². The van der Waals surface area contributed by atoms with Gasteiger partial charge in [-0.3, -0.25) is 9.59 Å². The van der Waals surface area contributed by atoms with E-state index in [1.54, 1.807) is 43.3 Å². The Labute approximate surface area is 165 Å². The SMILES string of the molecule is CN(C)c1ccc(C(F)(F)F)cc1NC(=O)CCNC(=O)c1ccccc1Cl. The van der Waals surface area contributed by atoms with Crippen LogP contribution in [0.3, 0.4) is 0 Å². The van der Waals surface area contributed by atoms with Crippen molar-refractivity contribution in [3.05, 3.63) is 58.6 Å². The van der Waals surface area contributed by atoms with E-state index < -0.39 is 23.6 Å². The van der Waals surface area contributed by atoms with Crippen molar-refractivity contribution in [2.45, 2.75) is 12.6 Å². The first-order chi connectivity index (χ1) is 13.1. The lowest BCUT2D eigenvalue weighted by molar-refractivity contribution is -0.137. The van der Waals surface area contributed by atoms with Crippen molar-refractivity contribution in [1.82, 2.24) is 5.32 Å². The molecule has 0 spiro atoms. The van der Waals surface area contributed by atoms with Crippen LogP contribution in [0.1, 0.15) is 22.3 Å². The van der Waals surface area contributed by atoms with Crippen LogP contribution in [0.15, 0.2) is 42.5 Å². The zero-order valence-corrected chi connectivity index (χ0v) is 16.0. The van der Waals surface area contributed by atoms with Crippen LogP contribution in [0.2, 0.25) is 5.02 Å². The van der Waals surface area contributed by atoms with Gasteiger partial charge in [-0.1, -0.05) is 23.7 Å². The third kappa shape index (κ3) is 5.63. The molecule has 5 nitrogen and oxygen atoms in total. The van der Waals surface area contributed by atoms with Crippen molar-refractivity contribution in [1.29, 1.82) is 0 Å². The summed E-state index contributed by atoms with van der Waals surface area (Å²) >= 11 is 5.93. The number of benzene rings is 2. The fraction of sp³-hybridized carbons (Fsp3) is 0.263. The first kappa shape index (κ1) is 21.6. The van der Waals surface area contributed by atoms with Gasteiger partial charge in [0.15, 0.2) is 0 Å². The Morgan fingerprint density at radius 1 is 1.11 bits per heavy atom. The minimum atomic E-state index is -4.52. The minimum absolute atomic E-state index is 0.00610. The van der Waals surface area contributed by atoms with Crippen LogP contribution in [0.25, 0.3) is 0 Å². The van der Waals surface area contributed by atoms with E-state index in [0.717, 1.165) is 12.1 Å². The summed E-state index contributed by atoms with van der Waals surface area (Å²) in [7, 11) is 3.31. The second kappa shape index (κ2) is 8.97. The largest absolute Gasteiger partial charge is 0.416 e. The predicted octanol–water partition coefficient (Wildman–Crippen LogP) is 4.18. The number of amides is 2. The topological polar surface area (TPSA) is 61.4 Å². The highest BCUT2D eigenvalue weighted by Gasteiger charge is 2.31. The van der Waals surface area contributed by atoms with Crippen molar-refractivity contribution < 1.29 is 22.8 Å². The van der Waals surface area contributed by atoms with Crippen molar-refractivity contribution >= 4 is 34.8 Å². The lowest BCUT2D eigenvalue weighted by Gasteiger charge is -2.20. The van der Waals surface area contributed by atoms with Gasteiger partial charge in [-0.15, -0.1) is 0 Å². The van der Waals surface area contributed by atoms with E-state index in [2.05, 4.69) is 10.6 Å². The molecule has 0 radical (unpaired) electrons. The van der Waals surface area contributed by atoms with Crippen LogP contribution in [-0.2, 0) is 11.0 Å². The highest BCUT2D eigenvalue weighted by molar-refractivity contribution is 6.33. The number of carbonyl (C=O) groups is 2.